The number of ether oxygens (including phenoxy) is 1. The van der Waals surface area contributed by atoms with Gasteiger partial charge in [-0.05, 0) is 54.8 Å². The van der Waals surface area contributed by atoms with Crippen LogP contribution in [0.5, 0.6) is 0 Å². The van der Waals surface area contributed by atoms with E-state index in [1.165, 1.54) is 22.0 Å². The summed E-state index contributed by atoms with van der Waals surface area (Å²) >= 11 is 6.09. The molecule has 1 heterocycles. The minimum atomic E-state index is -3.89. The molecule has 1 fully saturated rings. The average molecular weight is 517 g/mol. The van der Waals surface area contributed by atoms with Crippen molar-refractivity contribution in [2.75, 3.05) is 32.7 Å². The Labute approximate surface area is 212 Å². The van der Waals surface area contributed by atoms with Crippen LogP contribution in [-0.2, 0) is 21.4 Å². The van der Waals surface area contributed by atoms with Crippen LogP contribution in [0.3, 0.4) is 0 Å². The van der Waals surface area contributed by atoms with Crippen LogP contribution in [-0.4, -0.2) is 50.3 Å². The van der Waals surface area contributed by atoms with Crippen LogP contribution in [0.25, 0.3) is 0 Å². The summed E-state index contributed by atoms with van der Waals surface area (Å²) in [5, 5.41) is 0.661. The summed E-state index contributed by atoms with van der Waals surface area (Å²) in [5.41, 5.74) is 4.00. The van der Waals surface area contributed by atoms with Crippen LogP contribution in [0.15, 0.2) is 71.6 Å². The molecule has 4 rings (SSSR count). The van der Waals surface area contributed by atoms with Crippen molar-refractivity contribution in [3.63, 3.8) is 0 Å². The van der Waals surface area contributed by atoms with Gasteiger partial charge in [0.15, 0.2) is 0 Å². The fourth-order valence-electron chi connectivity index (χ4n) is 4.26. The van der Waals surface area contributed by atoms with Crippen LogP contribution in [0.2, 0.25) is 5.02 Å². The molecule has 1 saturated heterocycles. The molecule has 0 N–H and O–H groups in total. The summed E-state index contributed by atoms with van der Waals surface area (Å²) < 4.78 is 48.1. The van der Waals surface area contributed by atoms with Crippen molar-refractivity contribution in [3.05, 3.63) is 99.8 Å². The molecule has 0 saturated carbocycles. The average Bonchev–Trinajstić information content (AvgIpc) is 2.84. The predicted octanol–water partition coefficient (Wildman–Crippen LogP) is 5.36. The summed E-state index contributed by atoms with van der Waals surface area (Å²) in [6.45, 7) is 6.54. The number of hydrogen-bond acceptors (Lipinski definition) is 4. The van der Waals surface area contributed by atoms with Gasteiger partial charge in [-0.1, -0.05) is 59.6 Å². The molecular weight excluding hydrogens is 487 g/mol. The molecular formula is C27H30ClFN2O3S. The third kappa shape index (κ3) is 6.48. The van der Waals surface area contributed by atoms with E-state index in [1.807, 2.05) is 36.4 Å². The third-order valence-electron chi connectivity index (χ3n) is 6.24. The molecule has 0 bridgehead atoms. The molecule has 1 aliphatic rings. The summed E-state index contributed by atoms with van der Waals surface area (Å²) in [4.78, 5) is 1.93. The van der Waals surface area contributed by atoms with E-state index in [-0.39, 0.29) is 11.0 Å². The number of benzene rings is 3. The molecule has 0 amide bonds. The summed E-state index contributed by atoms with van der Waals surface area (Å²) in [6, 6.07) is 20.0. The second-order valence-electron chi connectivity index (χ2n) is 8.98. The summed E-state index contributed by atoms with van der Waals surface area (Å²) in [7, 11) is -3.89. The van der Waals surface area contributed by atoms with E-state index >= 15 is 0 Å². The Morgan fingerprint density at radius 2 is 1.63 bits per heavy atom. The van der Waals surface area contributed by atoms with Crippen molar-refractivity contribution in [2.24, 2.45) is 0 Å². The highest BCUT2D eigenvalue weighted by molar-refractivity contribution is 7.89. The van der Waals surface area contributed by atoms with Crippen LogP contribution >= 0.6 is 11.6 Å². The molecule has 0 radical (unpaired) electrons. The van der Waals surface area contributed by atoms with Crippen LogP contribution in [0.1, 0.15) is 28.4 Å². The fraction of sp³-hybridized carbons (Fsp3) is 0.333. The van der Waals surface area contributed by atoms with Gasteiger partial charge in [0.2, 0.25) is 10.0 Å². The van der Waals surface area contributed by atoms with Crippen molar-refractivity contribution in [1.29, 1.82) is 0 Å². The topological polar surface area (TPSA) is 49.9 Å². The smallest absolute Gasteiger partial charge is 0.246 e. The molecule has 0 aliphatic carbocycles. The standard InChI is InChI=1S/C27H30ClFN2O3S/c1-20-4-3-5-22(16-20)19-34-26(23-7-9-24(28)10-8-23)18-30-12-14-31(15-13-30)35(32,33)27-17-21(2)6-11-25(27)29/h3-11,16-17,26H,12-15,18-19H2,1-2H3. The molecule has 35 heavy (non-hydrogen) atoms. The van der Waals surface area contributed by atoms with E-state index in [1.54, 1.807) is 13.0 Å². The highest BCUT2D eigenvalue weighted by atomic mass is 35.5. The Bertz CT molecular complexity index is 1260. The molecule has 8 heteroatoms. The van der Waals surface area contributed by atoms with Crippen molar-refractivity contribution in [2.45, 2.75) is 31.5 Å². The second-order valence-corrected chi connectivity index (χ2v) is 11.3. The first kappa shape index (κ1) is 25.8. The number of aryl methyl sites for hydroxylation is 2. The van der Waals surface area contributed by atoms with E-state index in [0.29, 0.717) is 49.9 Å². The molecule has 3 aromatic carbocycles. The molecule has 3 aromatic rings. The van der Waals surface area contributed by atoms with Crippen LogP contribution < -0.4 is 0 Å². The highest BCUT2D eigenvalue weighted by Crippen LogP contribution is 2.25. The normalized spacial score (nSPS) is 16.3. The lowest BCUT2D eigenvalue weighted by molar-refractivity contribution is 0.00770. The van der Waals surface area contributed by atoms with Crippen molar-refractivity contribution in [1.82, 2.24) is 9.21 Å². The first-order valence-corrected chi connectivity index (χ1v) is 13.5. The van der Waals surface area contributed by atoms with Crippen molar-refractivity contribution in [3.8, 4) is 0 Å². The number of piperazine rings is 1. The molecule has 0 spiro atoms. The Morgan fingerprint density at radius 1 is 0.943 bits per heavy atom. The SMILES string of the molecule is Cc1cccc(COC(CN2CCN(S(=O)(=O)c3cc(C)ccc3F)CC2)c2ccc(Cl)cc2)c1. The largest absolute Gasteiger partial charge is 0.368 e. The Hall–Kier alpha value is -2.29. The Kier molecular flexibility index (Phi) is 8.24. The minimum absolute atomic E-state index is 0.204. The first-order chi connectivity index (χ1) is 16.7. The maximum absolute atomic E-state index is 14.3. The summed E-state index contributed by atoms with van der Waals surface area (Å²) in [6.07, 6.45) is -0.204. The van der Waals surface area contributed by atoms with Gasteiger partial charge < -0.3 is 4.74 Å². The maximum Gasteiger partial charge on any atom is 0.246 e. The number of nitrogens with zero attached hydrogens (tertiary/aromatic N) is 2. The van der Waals surface area contributed by atoms with Gasteiger partial charge in [-0.3, -0.25) is 4.90 Å². The van der Waals surface area contributed by atoms with Crippen molar-refractivity contribution >= 4 is 21.6 Å². The lowest BCUT2D eigenvalue weighted by Gasteiger charge is -2.36. The lowest BCUT2D eigenvalue weighted by atomic mass is 10.1. The van der Waals surface area contributed by atoms with Crippen LogP contribution in [0.4, 0.5) is 4.39 Å². The van der Waals surface area contributed by atoms with Gasteiger partial charge >= 0.3 is 0 Å². The van der Waals surface area contributed by atoms with E-state index in [2.05, 4.69) is 24.0 Å². The number of sulfonamides is 1. The van der Waals surface area contributed by atoms with Gasteiger partial charge in [0.05, 0.1) is 12.7 Å². The highest BCUT2D eigenvalue weighted by Gasteiger charge is 2.31. The third-order valence-corrected chi connectivity index (χ3v) is 8.40. The van der Waals surface area contributed by atoms with Gasteiger partial charge in [-0.15, -0.1) is 0 Å². The van der Waals surface area contributed by atoms with Gasteiger partial charge in [-0.2, -0.15) is 4.31 Å². The zero-order chi connectivity index (χ0) is 25.0. The zero-order valence-electron chi connectivity index (χ0n) is 20.0. The predicted molar refractivity (Wildman–Crippen MR) is 136 cm³/mol. The molecule has 1 atom stereocenters. The fourth-order valence-corrected chi connectivity index (χ4v) is 5.96. The van der Waals surface area contributed by atoms with E-state index < -0.39 is 15.8 Å². The molecule has 1 aliphatic heterocycles. The van der Waals surface area contributed by atoms with Gasteiger partial charge in [0.1, 0.15) is 10.7 Å². The summed E-state index contributed by atoms with van der Waals surface area (Å²) in [5.74, 6) is -0.717. The van der Waals surface area contributed by atoms with E-state index in [0.717, 1.165) is 11.1 Å². The molecule has 186 valence electrons. The number of hydrogen-bond donors (Lipinski definition) is 0. The zero-order valence-corrected chi connectivity index (χ0v) is 21.5. The van der Waals surface area contributed by atoms with Gasteiger partial charge in [0.25, 0.3) is 0 Å². The van der Waals surface area contributed by atoms with Crippen LogP contribution in [0, 0.1) is 19.7 Å². The Morgan fingerprint density at radius 3 is 2.31 bits per heavy atom. The molecule has 0 aromatic heterocycles. The van der Waals surface area contributed by atoms with E-state index in [9.17, 15) is 12.8 Å². The molecule has 5 nitrogen and oxygen atoms in total. The molecule has 1 unspecified atom stereocenters. The number of halogens is 2. The maximum atomic E-state index is 14.3. The quantitative estimate of drug-likeness (QED) is 0.404. The minimum Gasteiger partial charge on any atom is -0.368 e. The van der Waals surface area contributed by atoms with Gasteiger partial charge in [-0.25, -0.2) is 12.8 Å². The second kappa shape index (κ2) is 11.2. The monoisotopic (exact) mass is 516 g/mol. The van der Waals surface area contributed by atoms with Crippen molar-refractivity contribution < 1.29 is 17.5 Å². The number of rotatable bonds is 8. The van der Waals surface area contributed by atoms with E-state index in [4.69, 9.17) is 16.3 Å². The first-order valence-electron chi connectivity index (χ1n) is 11.6. The lowest BCUT2D eigenvalue weighted by Crippen LogP contribution is -2.49. The van der Waals surface area contributed by atoms with Gasteiger partial charge in [0, 0.05) is 37.7 Å². The Balaban J connectivity index is 1.43.